The van der Waals surface area contributed by atoms with Crippen LogP contribution in [0.3, 0.4) is 0 Å². The van der Waals surface area contributed by atoms with Crippen LogP contribution in [0.15, 0.2) is 65.9 Å². The Bertz CT molecular complexity index is 1040. The fourth-order valence-corrected chi connectivity index (χ4v) is 4.81. The van der Waals surface area contributed by atoms with Crippen molar-refractivity contribution in [2.24, 2.45) is 17.8 Å². The van der Waals surface area contributed by atoms with Crippen molar-refractivity contribution in [1.29, 1.82) is 0 Å². The second kappa shape index (κ2) is 8.88. The molecule has 2 N–H and O–H groups in total. The van der Waals surface area contributed by atoms with Crippen molar-refractivity contribution in [3.8, 4) is 11.1 Å². The molecule has 0 aliphatic heterocycles. The van der Waals surface area contributed by atoms with Gasteiger partial charge in [0.05, 0.1) is 5.57 Å². The van der Waals surface area contributed by atoms with E-state index in [4.69, 9.17) is 5.11 Å². The Kier molecular flexibility index (Phi) is 6.03. The van der Waals surface area contributed by atoms with E-state index in [2.05, 4.69) is 0 Å². The lowest BCUT2D eigenvalue weighted by molar-refractivity contribution is -0.140. The summed E-state index contributed by atoms with van der Waals surface area (Å²) in [5, 5.41) is 20.0. The molecule has 0 spiro atoms. The van der Waals surface area contributed by atoms with Crippen LogP contribution in [0.4, 0.5) is 0 Å². The van der Waals surface area contributed by atoms with Gasteiger partial charge in [-0.05, 0) is 48.3 Å². The third-order valence-electron chi connectivity index (χ3n) is 6.65. The minimum Gasteiger partial charge on any atom is -0.511 e. The van der Waals surface area contributed by atoms with E-state index in [9.17, 15) is 19.5 Å². The number of carbonyl (C=O) groups is 3. The maximum atomic E-state index is 13.0. The first kappa shape index (κ1) is 21.0. The fourth-order valence-electron chi connectivity index (χ4n) is 4.81. The van der Waals surface area contributed by atoms with E-state index in [0.29, 0.717) is 25.7 Å². The van der Waals surface area contributed by atoms with E-state index < -0.39 is 11.9 Å². The van der Waals surface area contributed by atoms with Crippen molar-refractivity contribution in [3.05, 3.63) is 71.5 Å². The second-order valence-electron chi connectivity index (χ2n) is 8.55. The third kappa shape index (κ3) is 4.31. The average molecular weight is 418 g/mol. The third-order valence-corrected chi connectivity index (χ3v) is 6.65. The molecule has 3 unspecified atom stereocenters. The maximum Gasteiger partial charge on any atom is 0.303 e. The molecule has 0 amide bonds. The zero-order valence-electron chi connectivity index (χ0n) is 17.3. The normalized spacial score (nSPS) is 23.4. The summed E-state index contributed by atoms with van der Waals surface area (Å²) in [7, 11) is 0. The van der Waals surface area contributed by atoms with Crippen LogP contribution in [0.1, 0.15) is 37.7 Å². The van der Waals surface area contributed by atoms with Gasteiger partial charge in [0, 0.05) is 24.7 Å². The summed E-state index contributed by atoms with van der Waals surface area (Å²) in [4.78, 5) is 36.6. The number of aliphatic carboxylic acids is 1. The zero-order chi connectivity index (χ0) is 22.0. The van der Waals surface area contributed by atoms with E-state index in [1.54, 1.807) is 0 Å². The number of hydrogen-bond acceptors (Lipinski definition) is 4. The molecule has 0 heterocycles. The van der Waals surface area contributed by atoms with E-state index in [1.807, 2.05) is 54.6 Å². The molecule has 3 atom stereocenters. The number of ketones is 2. The molecule has 5 nitrogen and oxygen atoms in total. The van der Waals surface area contributed by atoms with Crippen LogP contribution in [-0.4, -0.2) is 27.7 Å². The summed E-state index contributed by atoms with van der Waals surface area (Å²) < 4.78 is 0. The number of aliphatic hydroxyl groups is 1. The van der Waals surface area contributed by atoms with Crippen LogP contribution in [0.5, 0.6) is 0 Å². The number of carbonyl (C=O) groups excluding carboxylic acids is 2. The monoisotopic (exact) mass is 418 g/mol. The van der Waals surface area contributed by atoms with Gasteiger partial charge in [-0.15, -0.1) is 0 Å². The molecule has 1 fully saturated rings. The smallest absolute Gasteiger partial charge is 0.303 e. The minimum atomic E-state index is -0.939. The Balaban J connectivity index is 1.60. The summed E-state index contributed by atoms with van der Waals surface area (Å²) in [5.74, 6) is -2.79. The highest BCUT2D eigenvalue weighted by Gasteiger charge is 2.43. The molecule has 2 aromatic rings. The number of rotatable bonds is 7. The first-order valence-corrected chi connectivity index (χ1v) is 10.8. The van der Waals surface area contributed by atoms with Gasteiger partial charge in [-0.3, -0.25) is 14.4 Å². The molecule has 5 heteroatoms. The first-order valence-electron chi connectivity index (χ1n) is 10.8. The van der Waals surface area contributed by atoms with E-state index in [1.165, 1.54) is 0 Å². The number of allylic oxidation sites excluding steroid dienone is 2. The summed E-state index contributed by atoms with van der Waals surface area (Å²) in [5.41, 5.74) is 3.12. The lowest BCUT2D eigenvalue weighted by Crippen LogP contribution is -2.38. The van der Waals surface area contributed by atoms with Crippen LogP contribution in [0, 0.1) is 17.8 Å². The van der Waals surface area contributed by atoms with Crippen molar-refractivity contribution >= 4 is 17.5 Å². The predicted molar refractivity (Wildman–Crippen MR) is 116 cm³/mol. The van der Waals surface area contributed by atoms with Crippen LogP contribution in [-0.2, 0) is 20.8 Å². The van der Waals surface area contributed by atoms with Gasteiger partial charge in [0.1, 0.15) is 5.76 Å². The predicted octanol–water partition coefficient (Wildman–Crippen LogP) is 4.76. The second-order valence-corrected chi connectivity index (χ2v) is 8.55. The summed E-state index contributed by atoms with van der Waals surface area (Å²) in [6.45, 7) is 0. The topological polar surface area (TPSA) is 91.7 Å². The molecule has 2 aliphatic carbocycles. The molecule has 0 aromatic heterocycles. The fraction of sp³-hybridized carbons (Fsp3) is 0.346. The van der Waals surface area contributed by atoms with Crippen molar-refractivity contribution < 1.29 is 24.6 Å². The Morgan fingerprint density at radius 1 is 0.935 bits per heavy atom. The van der Waals surface area contributed by atoms with Crippen molar-refractivity contribution in [2.75, 3.05) is 0 Å². The van der Waals surface area contributed by atoms with Gasteiger partial charge in [0.25, 0.3) is 0 Å². The molecule has 0 saturated heterocycles. The molecule has 1 saturated carbocycles. The molecule has 31 heavy (non-hydrogen) atoms. The largest absolute Gasteiger partial charge is 0.511 e. The lowest BCUT2D eigenvalue weighted by Gasteiger charge is -2.36. The maximum absolute atomic E-state index is 13.0. The quantitative estimate of drug-likeness (QED) is 0.633. The molecule has 0 radical (unpaired) electrons. The Morgan fingerprint density at radius 2 is 1.65 bits per heavy atom. The van der Waals surface area contributed by atoms with Gasteiger partial charge in [-0.25, -0.2) is 0 Å². The highest BCUT2D eigenvalue weighted by atomic mass is 16.4. The highest BCUT2D eigenvalue weighted by molar-refractivity contribution is 6.22. The zero-order valence-corrected chi connectivity index (χ0v) is 17.3. The van der Waals surface area contributed by atoms with E-state index in [0.717, 1.165) is 16.7 Å². The van der Waals surface area contributed by atoms with E-state index >= 15 is 0 Å². The van der Waals surface area contributed by atoms with Gasteiger partial charge in [-0.2, -0.15) is 0 Å². The molecular formula is C26H26O5. The number of carboxylic acids is 1. The number of Topliss-reactive ketones (excluding diaryl/α,β-unsaturated/α-hetero) is 2. The van der Waals surface area contributed by atoms with Crippen LogP contribution < -0.4 is 0 Å². The summed E-state index contributed by atoms with van der Waals surface area (Å²) in [6.07, 6.45) is 2.41. The number of carboxylic acid groups (broad SMARTS) is 1. The molecule has 160 valence electrons. The van der Waals surface area contributed by atoms with Crippen LogP contribution in [0.2, 0.25) is 0 Å². The van der Waals surface area contributed by atoms with Gasteiger partial charge >= 0.3 is 5.97 Å². The first-order chi connectivity index (χ1) is 15.0. The van der Waals surface area contributed by atoms with Crippen molar-refractivity contribution in [2.45, 2.75) is 38.5 Å². The molecule has 4 rings (SSSR count). The minimum absolute atomic E-state index is 0.0769. The Morgan fingerprint density at radius 3 is 2.32 bits per heavy atom. The van der Waals surface area contributed by atoms with Gasteiger partial charge in [0.15, 0.2) is 11.6 Å². The van der Waals surface area contributed by atoms with Gasteiger partial charge in [0.2, 0.25) is 0 Å². The summed E-state index contributed by atoms with van der Waals surface area (Å²) >= 11 is 0. The van der Waals surface area contributed by atoms with Crippen molar-refractivity contribution in [3.63, 3.8) is 0 Å². The molecule has 2 aromatic carbocycles. The van der Waals surface area contributed by atoms with Gasteiger partial charge < -0.3 is 10.2 Å². The number of hydrogen-bond donors (Lipinski definition) is 2. The average Bonchev–Trinajstić information content (AvgIpc) is 2.74. The van der Waals surface area contributed by atoms with Crippen LogP contribution >= 0.6 is 0 Å². The molecule has 0 bridgehead atoms. The molecule has 2 aliphatic rings. The van der Waals surface area contributed by atoms with Gasteiger partial charge in [-0.1, -0.05) is 54.6 Å². The SMILES string of the molecule is O=C(O)CC1CCC1C(=O)C1=C(O)C(Cc2ccccc2-c2ccccc2)CCC1=O. The number of benzene rings is 2. The number of aliphatic hydroxyl groups excluding tert-OH is 1. The Hall–Kier alpha value is -3.21. The molecular weight excluding hydrogens is 392 g/mol. The Labute approximate surface area is 181 Å². The van der Waals surface area contributed by atoms with Crippen LogP contribution in [0.25, 0.3) is 11.1 Å². The lowest BCUT2D eigenvalue weighted by atomic mass is 9.66. The van der Waals surface area contributed by atoms with E-state index in [-0.39, 0.29) is 47.6 Å². The standard InChI is InChI=1S/C26H26O5/c27-22-13-11-19(14-17-8-4-5-9-20(17)16-6-2-1-3-7-16)25(30)24(22)26(31)21-12-10-18(21)15-23(28)29/h1-9,18-19,21,30H,10-15H2,(H,28,29). The summed E-state index contributed by atoms with van der Waals surface area (Å²) in [6, 6.07) is 18.0. The van der Waals surface area contributed by atoms with Crippen molar-refractivity contribution in [1.82, 2.24) is 0 Å². The highest BCUT2D eigenvalue weighted by Crippen LogP contribution is 2.41.